The lowest BCUT2D eigenvalue weighted by molar-refractivity contribution is 0.0925. The minimum atomic E-state index is -3.97. The number of furan rings is 1. The minimum Gasteiger partial charge on any atom is -0.449 e. The zero-order valence-corrected chi connectivity index (χ0v) is 21.1. The third-order valence-corrected chi connectivity index (χ3v) is 8.03. The van der Waals surface area contributed by atoms with Crippen LogP contribution >= 0.6 is 0 Å². The van der Waals surface area contributed by atoms with Gasteiger partial charge in [-0.05, 0) is 73.4 Å². The van der Waals surface area contributed by atoms with Gasteiger partial charge in [-0.1, -0.05) is 24.3 Å². The molecule has 10 heteroatoms. The lowest BCUT2D eigenvalue weighted by atomic mass is 10.2. The van der Waals surface area contributed by atoms with E-state index in [1.807, 2.05) is 18.2 Å². The third-order valence-electron chi connectivity index (χ3n) is 6.26. The van der Waals surface area contributed by atoms with Crippen LogP contribution in [0.5, 0.6) is 0 Å². The third kappa shape index (κ3) is 5.22. The average Bonchev–Trinajstić information content (AvgIpc) is 3.18. The summed E-state index contributed by atoms with van der Waals surface area (Å²) in [5.74, 6) is 5.15. The first-order valence-corrected chi connectivity index (χ1v) is 13.5. The van der Waals surface area contributed by atoms with Crippen molar-refractivity contribution in [2.75, 3.05) is 5.01 Å². The molecule has 1 aliphatic carbocycles. The molecule has 3 N–H and O–H groups in total. The van der Waals surface area contributed by atoms with E-state index in [0.717, 1.165) is 30.0 Å². The monoisotopic (exact) mass is 532 g/mol. The number of rotatable bonds is 7. The molecule has 0 radical (unpaired) electrons. The van der Waals surface area contributed by atoms with Crippen LogP contribution in [0.4, 0.5) is 10.1 Å². The van der Waals surface area contributed by atoms with Gasteiger partial charge in [0.2, 0.25) is 9.84 Å². The summed E-state index contributed by atoms with van der Waals surface area (Å²) >= 11 is 0. The first-order valence-electron chi connectivity index (χ1n) is 12.0. The largest absolute Gasteiger partial charge is 0.449 e. The predicted molar refractivity (Wildman–Crippen MR) is 141 cm³/mol. The Morgan fingerprint density at radius 3 is 2.66 bits per heavy atom. The fourth-order valence-electron chi connectivity index (χ4n) is 4.15. The number of aromatic nitrogens is 1. The van der Waals surface area contributed by atoms with Crippen LogP contribution in [-0.2, 0) is 16.4 Å². The van der Waals surface area contributed by atoms with Gasteiger partial charge in [0.1, 0.15) is 5.82 Å². The van der Waals surface area contributed by atoms with Gasteiger partial charge in [0, 0.05) is 23.8 Å². The summed E-state index contributed by atoms with van der Waals surface area (Å²) in [5, 5.41) is 4.77. The number of hydrogen-bond donors (Lipinski definition) is 2. The molecular formula is C28H25FN4O4S. The second-order valence-electron chi connectivity index (χ2n) is 8.82. The van der Waals surface area contributed by atoms with Gasteiger partial charge >= 0.3 is 0 Å². The summed E-state index contributed by atoms with van der Waals surface area (Å²) in [6.07, 6.45) is 11.4. The number of nitrogens with zero attached hydrogens (tertiary/aromatic N) is 2. The van der Waals surface area contributed by atoms with Crippen molar-refractivity contribution in [2.45, 2.75) is 35.6 Å². The highest BCUT2D eigenvalue weighted by Gasteiger charge is 2.21. The molecule has 5 rings (SSSR count). The predicted octanol–water partition coefficient (Wildman–Crippen LogP) is 5.03. The van der Waals surface area contributed by atoms with Crippen LogP contribution in [0.1, 0.15) is 35.4 Å². The van der Waals surface area contributed by atoms with Crippen molar-refractivity contribution in [3.8, 4) is 0 Å². The highest BCUT2D eigenvalue weighted by atomic mass is 32.2. The van der Waals surface area contributed by atoms with E-state index in [4.69, 9.17) is 10.3 Å². The molecular weight excluding hydrogens is 507 g/mol. The first-order chi connectivity index (χ1) is 18.3. The van der Waals surface area contributed by atoms with E-state index in [9.17, 15) is 17.6 Å². The fraction of sp³-hybridized carbons (Fsp3) is 0.143. The molecule has 2 aromatic carbocycles. The fourth-order valence-corrected chi connectivity index (χ4v) is 5.43. The van der Waals surface area contributed by atoms with Crippen LogP contribution in [-0.4, -0.2) is 19.3 Å². The Morgan fingerprint density at radius 2 is 1.89 bits per heavy atom. The number of hydrogen-bond acceptors (Lipinski definition) is 7. The summed E-state index contributed by atoms with van der Waals surface area (Å²) in [7, 11) is -3.97. The number of hydrazine groups is 1. The smallest absolute Gasteiger partial charge is 0.287 e. The number of nitrogens with one attached hydrogen (secondary N) is 1. The zero-order valence-electron chi connectivity index (χ0n) is 20.3. The van der Waals surface area contributed by atoms with Crippen molar-refractivity contribution >= 4 is 32.4 Å². The lowest BCUT2D eigenvalue weighted by Gasteiger charge is -2.22. The van der Waals surface area contributed by atoms with Crippen molar-refractivity contribution in [3.63, 3.8) is 0 Å². The standard InChI is InChI=1S/C28H25FN4O4S/c29-24-16-23(11-12-25(24)33(30)21-5-3-1-2-4-6-21)38(35,36)22-9-7-19(8-10-22)17-32-28(34)26-15-20-13-14-31-18-27(20)37-26/h1,3,5,7-16,18H,2,4,6,17,30H2,(H,32,34). The van der Waals surface area contributed by atoms with Gasteiger partial charge in [-0.2, -0.15) is 0 Å². The van der Waals surface area contributed by atoms with Crippen molar-refractivity contribution in [2.24, 2.45) is 5.84 Å². The Balaban J connectivity index is 1.27. The number of nitrogens with two attached hydrogens (primary N) is 1. The van der Waals surface area contributed by atoms with Crippen LogP contribution in [0.15, 0.2) is 105 Å². The molecule has 4 aromatic rings. The number of fused-ring (bicyclic) bond motifs is 1. The van der Waals surface area contributed by atoms with Crippen LogP contribution in [0.25, 0.3) is 11.0 Å². The van der Waals surface area contributed by atoms with E-state index in [1.54, 1.807) is 30.5 Å². The SMILES string of the molecule is NN(C1=CC=CCCC1)c1ccc(S(=O)(=O)c2ccc(CNC(=O)c3cc4ccncc4o3)cc2)cc1F. The second kappa shape index (κ2) is 10.6. The van der Waals surface area contributed by atoms with Crippen molar-refractivity contribution < 1.29 is 22.0 Å². The minimum absolute atomic E-state index is 0.00530. The molecule has 2 heterocycles. The maximum absolute atomic E-state index is 15.0. The number of benzene rings is 2. The zero-order chi connectivity index (χ0) is 26.7. The molecule has 0 unspecified atom stereocenters. The molecule has 2 aromatic heterocycles. The molecule has 0 saturated heterocycles. The van der Waals surface area contributed by atoms with Gasteiger partial charge in [-0.25, -0.2) is 18.7 Å². The number of carbonyl (C=O) groups is 1. The Labute approximate surface area is 219 Å². The molecule has 0 spiro atoms. The molecule has 0 saturated carbocycles. The van der Waals surface area contributed by atoms with Gasteiger partial charge in [0.05, 0.1) is 21.7 Å². The van der Waals surface area contributed by atoms with Crippen molar-refractivity contribution in [1.82, 2.24) is 10.3 Å². The number of allylic oxidation sites excluding steroid dienone is 4. The number of pyridine rings is 1. The van der Waals surface area contributed by atoms with E-state index >= 15 is 0 Å². The van der Waals surface area contributed by atoms with Crippen LogP contribution in [0.3, 0.4) is 0 Å². The number of carbonyl (C=O) groups excluding carboxylic acids is 1. The van der Waals surface area contributed by atoms with Gasteiger partial charge in [0.15, 0.2) is 11.3 Å². The number of sulfone groups is 1. The Hall–Kier alpha value is -4.28. The molecule has 0 bridgehead atoms. The average molecular weight is 533 g/mol. The number of amides is 1. The van der Waals surface area contributed by atoms with Gasteiger partial charge < -0.3 is 9.73 Å². The maximum Gasteiger partial charge on any atom is 0.287 e. The van der Waals surface area contributed by atoms with E-state index in [0.29, 0.717) is 17.6 Å². The summed E-state index contributed by atoms with van der Waals surface area (Å²) in [6, 6.07) is 13.1. The summed E-state index contributed by atoms with van der Waals surface area (Å²) in [6.45, 7) is 0.162. The van der Waals surface area contributed by atoms with Crippen molar-refractivity contribution in [3.05, 3.63) is 108 Å². The Kier molecular flexibility index (Phi) is 7.08. The number of halogens is 1. The Bertz CT molecular complexity index is 1630. The van der Waals surface area contributed by atoms with Gasteiger partial charge in [0.25, 0.3) is 5.91 Å². The quantitative estimate of drug-likeness (QED) is 0.253. The second-order valence-corrected chi connectivity index (χ2v) is 10.8. The molecule has 1 amide bonds. The molecule has 38 heavy (non-hydrogen) atoms. The van der Waals surface area contributed by atoms with E-state index in [-0.39, 0.29) is 27.8 Å². The topological polar surface area (TPSA) is 119 Å². The van der Waals surface area contributed by atoms with Crippen LogP contribution in [0.2, 0.25) is 0 Å². The van der Waals surface area contributed by atoms with E-state index in [1.165, 1.54) is 35.5 Å². The first kappa shape index (κ1) is 25.4. The van der Waals surface area contributed by atoms with Crippen LogP contribution < -0.4 is 16.2 Å². The van der Waals surface area contributed by atoms with E-state index < -0.39 is 21.6 Å². The summed E-state index contributed by atoms with van der Waals surface area (Å²) in [5.41, 5.74) is 2.03. The van der Waals surface area contributed by atoms with Gasteiger partial charge in [-0.15, -0.1) is 0 Å². The highest BCUT2D eigenvalue weighted by molar-refractivity contribution is 7.91. The number of anilines is 1. The molecule has 0 fully saturated rings. The summed E-state index contributed by atoms with van der Waals surface area (Å²) < 4.78 is 46.8. The van der Waals surface area contributed by atoms with Gasteiger partial charge in [-0.3, -0.25) is 14.8 Å². The molecule has 1 aliphatic rings. The molecule has 0 aliphatic heterocycles. The molecule has 8 nitrogen and oxygen atoms in total. The lowest BCUT2D eigenvalue weighted by Crippen LogP contribution is -2.30. The van der Waals surface area contributed by atoms with E-state index in [2.05, 4.69) is 10.3 Å². The Morgan fingerprint density at radius 1 is 1.11 bits per heavy atom. The van der Waals surface area contributed by atoms with Crippen LogP contribution in [0, 0.1) is 5.82 Å². The maximum atomic E-state index is 15.0. The molecule has 194 valence electrons. The summed E-state index contributed by atoms with van der Waals surface area (Å²) in [4.78, 5) is 16.2. The highest BCUT2D eigenvalue weighted by Crippen LogP contribution is 2.29. The normalized spacial score (nSPS) is 13.7. The van der Waals surface area contributed by atoms with Crippen molar-refractivity contribution in [1.29, 1.82) is 0 Å². The molecule has 0 atom stereocenters.